The van der Waals surface area contributed by atoms with Gasteiger partial charge >= 0.3 is 0 Å². The summed E-state index contributed by atoms with van der Waals surface area (Å²) in [5.74, 6) is 0.859. The highest BCUT2D eigenvalue weighted by molar-refractivity contribution is 9.10. The van der Waals surface area contributed by atoms with Crippen molar-refractivity contribution < 1.29 is 4.74 Å². The fourth-order valence-corrected chi connectivity index (χ4v) is 2.17. The monoisotopic (exact) mass is 271 g/mol. The minimum Gasteiger partial charge on any atom is -0.396 e. The van der Waals surface area contributed by atoms with Crippen molar-refractivity contribution in [2.45, 2.75) is 12.5 Å². The van der Waals surface area contributed by atoms with Crippen LogP contribution in [0.3, 0.4) is 0 Å². The number of nitrogen functional groups attached to an aromatic ring is 1. The number of nitrogens with two attached hydrogens (primary N) is 1. The van der Waals surface area contributed by atoms with Gasteiger partial charge in [0.25, 0.3) is 0 Å². The summed E-state index contributed by atoms with van der Waals surface area (Å²) < 4.78 is 6.22. The molecule has 1 aromatic heterocycles. The minimum atomic E-state index is 0.301. The van der Waals surface area contributed by atoms with Crippen LogP contribution in [0.15, 0.2) is 16.7 Å². The van der Waals surface area contributed by atoms with Gasteiger partial charge in [-0.25, -0.2) is 4.98 Å². The Kier molecular flexibility index (Phi) is 3.11. The summed E-state index contributed by atoms with van der Waals surface area (Å²) >= 11 is 3.34. The van der Waals surface area contributed by atoms with E-state index in [1.807, 2.05) is 6.07 Å². The van der Waals surface area contributed by atoms with Crippen LogP contribution in [0.1, 0.15) is 6.42 Å². The molecular formula is C10H14BrN3O. The first kappa shape index (κ1) is 10.7. The Morgan fingerprint density at radius 3 is 3.07 bits per heavy atom. The van der Waals surface area contributed by atoms with E-state index < -0.39 is 0 Å². The number of hydrogen-bond donors (Lipinski definition) is 1. The van der Waals surface area contributed by atoms with Crippen molar-refractivity contribution in [3.8, 4) is 0 Å². The first-order chi connectivity index (χ1) is 7.20. The first-order valence-corrected chi connectivity index (χ1v) is 5.68. The maximum absolute atomic E-state index is 5.91. The molecule has 1 unspecified atom stereocenters. The summed E-state index contributed by atoms with van der Waals surface area (Å²) in [4.78, 5) is 6.49. The van der Waals surface area contributed by atoms with Crippen molar-refractivity contribution in [3.05, 3.63) is 16.7 Å². The van der Waals surface area contributed by atoms with Crippen molar-refractivity contribution in [2.24, 2.45) is 0 Å². The van der Waals surface area contributed by atoms with E-state index in [0.29, 0.717) is 11.8 Å². The number of pyridine rings is 1. The molecule has 0 aromatic carbocycles. The van der Waals surface area contributed by atoms with Crippen LogP contribution in [0, 0.1) is 0 Å². The number of anilines is 2. The topological polar surface area (TPSA) is 51.4 Å². The van der Waals surface area contributed by atoms with E-state index in [2.05, 4.69) is 25.8 Å². The molecule has 1 aromatic rings. The molecular weight excluding hydrogens is 258 g/mol. The van der Waals surface area contributed by atoms with Gasteiger partial charge in [0, 0.05) is 30.9 Å². The lowest BCUT2D eigenvalue weighted by molar-refractivity contribution is 0.121. The number of ether oxygens (including phenoxy) is 1. The van der Waals surface area contributed by atoms with E-state index in [9.17, 15) is 0 Å². The molecule has 2 heterocycles. The van der Waals surface area contributed by atoms with Crippen molar-refractivity contribution >= 4 is 27.4 Å². The predicted molar refractivity (Wildman–Crippen MR) is 64.0 cm³/mol. The van der Waals surface area contributed by atoms with E-state index in [0.717, 1.165) is 29.8 Å². The smallest absolute Gasteiger partial charge is 0.151 e. The lowest BCUT2D eigenvalue weighted by Crippen LogP contribution is -2.24. The summed E-state index contributed by atoms with van der Waals surface area (Å²) in [6.45, 7) is 1.83. The Morgan fingerprint density at radius 1 is 1.67 bits per heavy atom. The van der Waals surface area contributed by atoms with Gasteiger partial charge in [0.2, 0.25) is 0 Å². The summed E-state index contributed by atoms with van der Waals surface area (Å²) in [7, 11) is 1.74. The SMILES string of the molecule is COC1CCN(c2ncc(Br)cc2N)C1. The summed E-state index contributed by atoms with van der Waals surface area (Å²) in [5.41, 5.74) is 6.62. The van der Waals surface area contributed by atoms with Gasteiger partial charge in [-0.15, -0.1) is 0 Å². The number of hydrogen-bond acceptors (Lipinski definition) is 4. The van der Waals surface area contributed by atoms with Gasteiger partial charge < -0.3 is 15.4 Å². The van der Waals surface area contributed by atoms with Crippen LogP contribution in [0.5, 0.6) is 0 Å². The second-order valence-corrected chi connectivity index (χ2v) is 4.57. The number of methoxy groups -OCH3 is 1. The standard InChI is InChI=1S/C10H14BrN3O/c1-15-8-2-3-14(6-8)10-9(12)4-7(11)5-13-10/h4-5,8H,2-3,6,12H2,1H3. The molecule has 0 aliphatic carbocycles. The van der Waals surface area contributed by atoms with Gasteiger partial charge in [-0.3, -0.25) is 0 Å². The molecule has 0 amide bonds. The van der Waals surface area contributed by atoms with Gasteiger partial charge in [-0.1, -0.05) is 0 Å². The molecule has 1 atom stereocenters. The number of halogens is 1. The van der Waals surface area contributed by atoms with Crippen LogP contribution in [-0.4, -0.2) is 31.3 Å². The molecule has 82 valence electrons. The van der Waals surface area contributed by atoms with E-state index in [1.165, 1.54) is 0 Å². The third-order valence-corrected chi connectivity index (χ3v) is 3.07. The van der Waals surface area contributed by atoms with Crippen molar-refractivity contribution in [1.82, 2.24) is 4.98 Å². The molecule has 0 saturated carbocycles. The zero-order valence-corrected chi connectivity index (χ0v) is 10.2. The van der Waals surface area contributed by atoms with Gasteiger partial charge in [-0.05, 0) is 28.4 Å². The maximum atomic E-state index is 5.91. The average molecular weight is 272 g/mol. The second-order valence-electron chi connectivity index (χ2n) is 3.66. The Morgan fingerprint density at radius 2 is 2.47 bits per heavy atom. The van der Waals surface area contributed by atoms with Gasteiger partial charge in [0.1, 0.15) is 0 Å². The van der Waals surface area contributed by atoms with Crippen molar-refractivity contribution in [1.29, 1.82) is 0 Å². The molecule has 2 rings (SSSR count). The van der Waals surface area contributed by atoms with Crippen LogP contribution in [-0.2, 0) is 4.74 Å². The molecule has 1 aliphatic rings. The zero-order valence-electron chi connectivity index (χ0n) is 8.61. The summed E-state index contributed by atoms with van der Waals surface area (Å²) in [5, 5.41) is 0. The molecule has 0 bridgehead atoms. The lowest BCUT2D eigenvalue weighted by Gasteiger charge is -2.18. The Hall–Kier alpha value is -0.810. The third-order valence-electron chi connectivity index (χ3n) is 2.64. The predicted octanol–water partition coefficient (Wildman–Crippen LogP) is 1.65. The third kappa shape index (κ3) is 2.23. The maximum Gasteiger partial charge on any atom is 0.151 e. The normalized spacial score (nSPS) is 20.9. The molecule has 1 fully saturated rings. The highest BCUT2D eigenvalue weighted by Crippen LogP contribution is 2.27. The number of rotatable bonds is 2. The quantitative estimate of drug-likeness (QED) is 0.889. The van der Waals surface area contributed by atoms with Crippen molar-refractivity contribution in [3.63, 3.8) is 0 Å². The van der Waals surface area contributed by atoms with Crippen LogP contribution in [0.4, 0.5) is 11.5 Å². The second kappa shape index (κ2) is 4.37. The minimum absolute atomic E-state index is 0.301. The first-order valence-electron chi connectivity index (χ1n) is 4.89. The summed E-state index contributed by atoms with van der Waals surface area (Å²) in [6, 6.07) is 1.88. The van der Waals surface area contributed by atoms with Crippen LogP contribution >= 0.6 is 15.9 Å². The lowest BCUT2D eigenvalue weighted by atomic mass is 10.3. The van der Waals surface area contributed by atoms with Gasteiger partial charge in [0.15, 0.2) is 5.82 Å². The van der Waals surface area contributed by atoms with E-state index >= 15 is 0 Å². The number of aromatic nitrogens is 1. The average Bonchev–Trinajstić information content (AvgIpc) is 2.66. The fourth-order valence-electron chi connectivity index (χ4n) is 1.82. The highest BCUT2D eigenvalue weighted by atomic mass is 79.9. The van der Waals surface area contributed by atoms with Gasteiger partial charge in [-0.2, -0.15) is 0 Å². The highest BCUT2D eigenvalue weighted by Gasteiger charge is 2.24. The summed E-state index contributed by atoms with van der Waals surface area (Å²) in [6.07, 6.45) is 3.11. The van der Waals surface area contributed by atoms with Crippen LogP contribution in [0.25, 0.3) is 0 Å². The molecule has 5 heteroatoms. The fraction of sp³-hybridized carbons (Fsp3) is 0.500. The Bertz CT molecular complexity index is 359. The van der Waals surface area contributed by atoms with Crippen LogP contribution < -0.4 is 10.6 Å². The number of nitrogens with zero attached hydrogens (tertiary/aromatic N) is 2. The molecule has 0 spiro atoms. The molecule has 4 nitrogen and oxygen atoms in total. The van der Waals surface area contributed by atoms with Crippen LogP contribution in [0.2, 0.25) is 0 Å². The molecule has 0 radical (unpaired) electrons. The largest absolute Gasteiger partial charge is 0.396 e. The van der Waals surface area contributed by atoms with E-state index in [4.69, 9.17) is 10.5 Å². The van der Waals surface area contributed by atoms with E-state index in [1.54, 1.807) is 13.3 Å². The van der Waals surface area contributed by atoms with E-state index in [-0.39, 0.29) is 0 Å². The zero-order chi connectivity index (χ0) is 10.8. The molecule has 1 aliphatic heterocycles. The molecule has 1 saturated heterocycles. The Labute approximate surface area is 97.6 Å². The van der Waals surface area contributed by atoms with Gasteiger partial charge in [0.05, 0.1) is 11.8 Å². The molecule has 2 N–H and O–H groups in total. The molecule has 15 heavy (non-hydrogen) atoms. The Balaban J connectivity index is 2.17. The van der Waals surface area contributed by atoms with Crippen molar-refractivity contribution in [2.75, 3.05) is 30.8 Å².